The number of nitrogens with zero attached hydrogens (tertiary/aromatic N) is 5. The lowest BCUT2D eigenvalue weighted by atomic mass is 10.2. The number of sulfonamides is 1. The van der Waals surface area contributed by atoms with Crippen LogP contribution >= 0.6 is 23.2 Å². The van der Waals surface area contributed by atoms with Gasteiger partial charge >= 0.3 is 0 Å². The molecule has 0 spiro atoms. The molecule has 0 aliphatic carbocycles. The van der Waals surface area contributed by atoms with Gasteiger partial charge in [-0.3, -0.25) is 14.3 Å². The molecule has 45 heavy (non-hydrogen) atoms. The van der Waals surface area contributed by atoms with E-state index in [1.165, 1.54) is 23.0 Å². The SMILES string of the molecule is Cc1cc(/C=N\NC(=O)CN(c2c(C)n(C)n(-c3ccccc3)c2=O)S(=O)(=O)c2ccccc2)c(C)n1-c1cccc(Cl)c1Cl. The summed E-state index contributed by atoms with van der Waals surface area (Å²) in [6, 6.07) is 23.7. The van der Waals surface area contributed by atoms with Crippen LogP contribution < -0.4 is 15.3 Å². The van der Waals surface area contributed by atoms with Crippen molar-refractivity contribution in [2.45, 2.75) is 25.7 Å². The van der Waals surface area contributed by atoms with Gasteiger partial charge in [-0.15, -0.1) is 0 Å². The van der Waals surface area contributed by atoms with Crippen LogP contribution in [0.5, 0.6) is 0 Å². The second-order valence-electron chi connectivity index (χ2n) is 10.3. The number of hydrogen-bond acceptors (Lipinski definition) is 5. The third kappa shape index (κ3) is 6.06. The number of aryl methyl sites for hydroxylation is 1. The lowest BCUT2D eigenvalue weighted by Crippen LogP contribution is -2.42. The third-order valence-electron chi connectivity index (χ3n) is 7.43. The Hall–Kier alpha value is -4.58. The predicted octanol–water partition coefficient (Wildman–Crippen LogP) is 5.54. The molecule has 3 aromatic carbocycles. The van der Waals surface area contributed by atoms with Crippen molar-refractivity contribution in [1.82, 2.24) is 19.4 Å². The molecule has 0 saturated carbocycles. The summed E-state index contributed by atoms with van der Waals surface area (Å²) in [5, 5.41) is 4.92. The third-order valence-corrected chi connectivity index (χ3v) is 10.00. The molecule has 5 aromatic rings. The minimum Gasteiger partial charge on any atom is -0.316 e. The molecule has 1 N–H and O–H groups in total. The second kappa shape index (κ2) is 12.8. The number of anilines is 1. The highest BCUT2D eigenvalue weighted by Gasteiger charge is 2.33. The summed E-state index contributed by atoms with van der Waals surface area (Å²) in [6.07, 6.45) is 1.46. The van der Waals surface area contributed by atoms with Crippen molar-refractivity contribution in [1.29, 1.82) is 0 Å². The molecule has 5 rings (SSSR count). The largest absolute Gasteiger partial charge is 0.316 e. The van der Waals surface area contributed by atoms with Gasteiger partial charge in [0.25, 0.3) is 21.5 Å². The maximum absolute atomic E-state index is 13.9. The van der Waals surface area contributed by atoms with Gasteiger partial charge in [-0.25, -0.2) is 22.8 Å². The van der Waals surface area contributed by atoms with Crippen LogP contribution in [0.3, 0.4) is 0 Å². The van der Waals surface area contributed by atoms with Crippen molar-refractivity contribution in [3.05, 3.63) is 128 Å². The Balaban J connectivity index is 1.47. The van der Waals surface area contributed by atoms with Crippen LogP contribution in [0, 0.1) is 20.8 Å². The molecule has 0 fully saturated rings. The Morgan fingerprint density at radius 2 is 1.58 bits per heavy atom. The molecular formula is C32H30Cl2N6O4S. The van der Waals surface area contributed by atoms with Crippen LogP contribution in [0.15, 0.2) is 99.7 Å². The van der Waals surface area contributed by atoms with Crippen LogP contribution in [0.25, 0.3) is 11.4 Å². The van der Waals surface area contributed by atoms with Gasteiger partial charge in [0.05, 0.1) is 38.2 Å². The van der Waals surface area contributed by atoms with E-state index < -0.39 is 28.0 Å². The predicted molar refractivity (Wildman–Crippen MR) is 178 cm³/mol. The van der Waals surface area contributed by atoms with Crippen molar-refractivity contribution in [2.75, 3.05) is 10.8 Å². The summed E-state index contributed by atoms with van der Waals surface area (Å²) in [7, 11) is -2.69. The highest BCUT2D eigenvalue weighted by molar-refractivity contribution is 7.92. The van der Waals surface area contributed by atoms with E-state index in [0.717, 1.165) is 15.7 Å². The molecule has 2 heterocycles. The number of amides is 1. The second-order valence-corrected chi connectivity index (χ2v) is 12.9. The van der Waals surface area contributed by atoms with E-state index in [9.17, 15) is 18.0 Å². The Morgan fingerprint density at radius 1 is 0.933 bits per heavy atom. The summed E-state index contributed by atoms with van der Waals surface area (Å²) < 4.78 is 33.5. The van der Waals surface area contributed by atoms with Gasteiger partial charge in [-0.1, -0.05) is 65.7 Å². The van der Waals surface area contributed by atoms with E-state index >= 15 is 0 Å². The summed E-state index contributed by atoms with van der Waals surface area (Å²) in [6.45, 7) is 4.71. The van der Waals surface area contributed by atoms with Gasteiger partial charge in [-0.05, 0) is 63.2 Å². The minimum atomic E-state index is -4.34. The Morgan fingerprint density at radius 3 is 2.24 bits per heavy atom. The van der Waals surface area contributed by atoms with E-state index in [2.05, 4.69) is 10.5 Å². The first kappa shape index (κ1) is 31.8. The average Bonchev–Trinajstić information content (AvgIpc) is 3.43. The van der Waals surface area contributed by atoms with Crippen molar-refractivity contribution >= 4 is 51.0 Å². The minimum absolute atomic E-state index is 0.0673. The Labute approximate surface area is 270 Å². The first-order valence-corrected chi connectivity index (χ1v) is 16.0. The molecular weight excluding hydrogens is 635 g/mol. The first-order valence-electron chi connectivity index (χ1n) is 13.8. The zero-order valence-electron chi connectivity index (χ0n) is 24.9. The number of hydrazone groups is 1. The summed E-state index contributed by atoms with van der Waals surface area (Å²) in [4.78, 5) is 27.0. The smallest absolute Gasteiger partial charge is 0.296 e. The highest BCUT2D eigenvalue weighted by atomic mass is 35.5. The fourth-order valence-electron chi connectivity index (χ4n) is 5.14. The van der Waals surface area contributed by atoms with Crippen LogP contribution in [0.2, 0.25) is 10.0 Å². The zero-order valence-corrected chi connectivity index (χ0v) is 27.2. The number of halogens is 2. The normalized spacial score (nSPS) is 11.7. The average molecular weight is 666 g/mol. The Kier molecular flexibility index (Phi) is 9.06. The van der Waals surface area contributed by atoms with Crippen molar-refractivity contribution in [3.8, 4) is 11.4 Å². The van der Waals surface area contributed by atoms with Crippen molar-refractivity contribution in [2.24, 2.45) is 12.1 Å². The van der Waals surface area contributed by atoms with E-state index in [4.69, 9.17) is 23.2 Å². The quantitative estimate of drug-likeness (QED) is 0.165. The fourth-order valence-corrected chi connectivity index (χ4v) is 7.01. The van der Waals surface area contributed by atoms with Gasteiger partial charge in [0, 0.05) is 24.0 Å². The first-order chi connectivity index (χ1) is 21.4. The monoisotopic (exact) mass is 664 g/mol. The molecule has 0 aliphatic heterocycles. The number of hydrogen-bond donors (Lipinski definition) is 1. The number of benzene rings is 3. The molecule has 2 aromatic heterocycles. The maximum atomic E-state index is 13.9. The summed E-state index contributed by atoms with van der Waals surface area (Å²) in [5.74, 6) is -0.744. The van der Waals surface area contributed by atoms with E-state index in [1.807, 2.05) is 36.6 Å². The van der Waals surface area contributed by atoms with Crippen LogP contribution in [0.1, 0.15) is 22.6 Å². The van der Waals surface area contributed by atoms with Gasteiger partial charge < -0.3 is 4.57 Å². The number of carbonyl (C=O) groups excluding carboxylic acids is 1. The van der Waals surface area contributed by atoms with Crippen LogP contribution in [-0.4, -0.2) is 41.0 Å². The Bertz CT molecular complexity index is 2090. The molecule has 0 unspecified atom stereocenters. The van der Waals surface area contributed by atoms with Gasteiger partial charge in [-0.2, -0.15) is 5.10 Å². The van der Waals surface area contributed by atoms with Gasteiger partial charge in [0.1, 0.15) is 12.2 Å². The topological polar surface area (TPSA) is 111 Å². The molecule has 10 nitrogen and oxygen atoms in total. The summed E-state index contributed by atoms with van der Waals surface area (Å²) >= 11 is 12.7. The molecule has 0 radical (unpaired) electrons. The maximum Gasteiger partial charge on any atom is 0.296 e. The number of carbonyl (C=O) groups is 1. The summed E-state index contributed by atoms with van der Waals surface area (Å²) in [5.41, 5.74) is 5.62. The van der Waals surface area contributed by atoms with Crippen LogP contribution in [-0.2, 0) is 21.9 Å². The molecule has 0 bridgehead atoms. The molecule has 0 saturated heterocycles. The molecule has 1 amide bonds. The van der Waals surface area contributed by atoms with Crippen molar-refractivity contribution in [3.63, 3.8) is 0 Å². The highest BCUT2D eigenvalue weighted by Crippen LogP contribution is 2.31. The molecule has 232 valence electrons. The number of nitrogens with one attached hydrogen (secondary N) is 1. The molecule has 13 heteroatoms. The molecule has 0 atom stereocenters. The standard InChI is InChI=1S/C32H30Cl2N6O4S/c1-21-18-24(22(2)39(21)28-17-11-16-27(33)30(28)34)19-35-36-29(41)20-38(45(43,44)26-14-9-6-10-15-26)31-23(3)37(4)40(32(31)42)25-12-7-5-8-13-25/h5-19H,20H2,1-4H3,(H,36,41)/b35-19-. The number of rotatable bonds is 9. The van der Waals surface area contributed by atoms with Crippen LogP contribution in [0.4, 0.5) is 5.69 Å². The van der Waals surface area contributed by atoms with E-state index in [1.54, 1.807) is 73.3 Å². The van der Waals surface area contributed by atoms with Gasteiger partial charge in [0.2, 0.25) is 0 Å². The van der Waals surface area contributed by atoms with E-state index in [-0.39, 0.29) is 10.6 Å². The zero-order chi connectivity index (χ0) is 32.5. The lowest BCUT2D eigenvalue weighted by molar-refractivity contribution is -0.119. The van der Waals surface area contributed by atoms with E-state index in [0.29, 0.717) is 32.7 Å². The van der Waals surface area contributed by atoms with Gasteiger partial charge in [0.15, 0.2) is 0 Å². The number of para-hydroxylation sites is 1. The molecule has 0 aliphatic rings. The van der Waals surface area contributed by atoms with Crippen molar-refractivity contribution < 1.29 is 13.2 Å². The lowest BCUT2D eigenvalue weighted by Gasteiger charge is -2.22. The number of aromatic nitrogens is 3. The fraction of sp³-hybridized carbons (Fsp3) is 0.156.